The normalized spacial score (nSPS) is 16.8. The zero-order chi connectivity index (χ0) is 21.9. The summed E-state index contributed by atoms with van der Waals surface area (Å²) < 4.78 is 9.46. The molecule has 1 aromatic heterocycles. The van der Waals surface area contributed by atoms with Crippen molar-refractivity contribution in [1.82, 2.24) is 10.2 Å². The Balaban J connectivity index is 1.70. The maximum absolute atomic E-state index is 12.7. The van der Waals surface area contributed by atoms with Crippen molar-refractivity contribution in [2.45, 2.75) is 23.5 Å². The fourth-order valence-corrected chi connectivity index (χ4v) is 4.04. The van der Waals surface area contributed by atoms with Crippen molar-refractivity contribution in [3.05, 3.63) is 58.9 Å². The van der Waals surface area contributed by atoms with E-state index in [-0.39, 0.29) is 12.5 Å². The summed E-state index contributed by atoms with van der Waals surface area (Å²) in [5, 5.41) is 2.43. The van der Waals surface area contributed by atoms with E-state index in [0.717, 1.165) is 5.56 Å². The highest BCUT2D eigenvalue weighted by molar-refractivity contribution is 8.26. The Morgan fingerprint density at radius 3 is 2.60 bits per heavy atom. The number of alkyl halides is 3. The monoisotopic (exact) mass is 504 g/mol. The molecule has 0 radical (unpaired) electrons. The van der Waals surface area contributed by atoms with Gasteiger partial charge < -0.3 is 14.5 Å². The summed E-state index contributed by atoms with van der Waals surface area (Å²) in [4.78, 5) is 25.9. The van der Waals surface area contributed by atoms with Gasteiger partial charge in [0, 0.05) is 6.92 Å². The minimum Gasteiger partial charge on any atom is -0.467 e. The van der Waals surface area contributed by atoms with Crippen LogP contribution in [0.25, 0.3) is 6.08 Å². The quantitative estimate of drug-likeness (QED) is 0.261. The van der Waals surface area contributed by atoms with E-state index in [0.29, 0.717) is 20.7 Å². The lowest BCUT2D eigenvalue weighted by Crippen LogP contribution is -2.47. The van der Waals surface area contributed by atoms with E-state index in [2.05, 4.69) is 5.32 Å². The molecule has 0 aliphatic carbocycles. The zero-order valence-electron chi connectivity index (χ0n) is 15.4. The first-order valence-electron chi connectivity index (χ1n) is 8.52. The van der Waals surface area contributed by atoms with Crippen LogP contribution in [-0.4, -0.2) is 31.1 Å². The topological polar surface area (TPSA) is 71.8 Å². The van der Waals surface area contributed by atoms with Gasteiger partial charge in [-0.25, -0.2) is 0 Å². The van der Waals surface area contributed by atoms with Crippen LogP contribution in [-0.2, 0) is 16.1 Å². The maximum Gasteiger partial charge on any atom is 0.266 e. The second-order valence-corrected chi connectivity index (χ2v) is 10.2. The van der Waals surface area contributed by atoms with Crippen molar-refractivity contribution < 1.29 is 18.7 Å². The molecule has 1 aliphatic rings. The number of nitrogens with zero attached hydrogens (tertiary/aromatic N) is 1. The summed E-state index contributed by atoms with van der Waals surface area (Å²) in [5.74, 6) is 0.433. The van der Waals surface area contributed by atoms with Gasteiger partial charge in [-0.1, -0.05) is 70.9 Å². The van der Waals surface area contributed by atoms with Crippen molar-refractivity contribution in [3.63, 3.8) is 0 Å². The molecule has 0 bridgehead atoms. The lowest BCUT2D eigenvalue weighted by Gasteiger charge is -2.25. The molecule has 3 rings (SSSR count). The first-order valence-corrected chi connectivity index (χ1v) is 10.9. The van der Waals surface area contributed by atoms with Gasteiger partial charge in [-0.05, 0) is 35.9 Å². The van der Waals surface area contributed by atoms with Gasteiger partial charge in [0.25, 0.3) is 5.91 Å². The van der Waals surface area contributed by atoms with Crippen LogP contribution in [0.5, 0.6) is 5.75 Å². The number of halogens is 3. The van der Waals surface area contributed by atoms with E-state index >= 15 is 0 Å². The highest BCUT2D eigenvalue weighted by Crippen LogP contribution is 2.34. The van der Waals surface area contributed by atoms with E-state index in [1.165, 1.54) is 23.6 Å². The van der Waals surface area contributed by atoms with E-state index in [4.69, 9.17) is 56.2 Å². The molecule has 0 unspecified atom stereocenters. The predicted molar refractivity (Wildman–Crippen MR) is 122 cm³/mol. The predicted octanol–water partition coefficient (Wildman–Crippen LogP) is 4.89. The number of thiocarbonyl (C=S) groups is 1. The highest BCUT2D eigenvalue weighted by atomic mass is 35.6. The Labute approximate surface area is 197 Å². The lowest BCUT2D eigenvalue weighted by molar-refractivity contribution is -0.123. The van der Waals surface area contributed by atoms with Crippen molar-refractivity contribution >= 4 is 81.0 Å². The molecule has 11 heteroatoms. The molecular formula is C19H15Cl3N2O4S2. The van der Waals surface area contributed by atoms with Gasteiger partial charge in [-0.3, -0.25) is 14.5 Å². The number of thioether (sulfide) groups is 1. The number of furan rings is 1. The second kappa shape index (κ2) is 9.62. The van der Waals surface area contributed by atoms with Crippen LogP contribution in [0, 0.1) is 0 Å². The van der Waals surface area contributed by atoms with Crippen molar-refractivity contribution in [1.29, 1.82) is 0 Å². The third-order valence-corrected chi connectivity index (χ3v) is 5.80. The van der Waals surface area contributed by atoms with Gasteiger partial charge >= 0.3 is 0 Å². The number of hydrogen-bond acceptors (Lipinski definition) is 6. The summed E-state index contributed by atoms with van der Waals surface area (Å²) in [6.07, 6.45) is 2.11. The Bertz CT molecular complexity index is 973. The van der Waals surface area contributed by atoms with Crippen LogP contribution in [0.2, 0.25) is 0 Å². The summed E-state index contributed by atoms with van der Waals surface area (Å²) in [6.45, 7) is 1.57. The Kier molecular flexibility index (Phi) is 7.36. The van der Waals surface area contributed by atoms with E-state index in [1.54, 1.807) is 48.7 Å². The molecule has 1 fully saturated rings. The van der Waals surface area contributed by atoms with Crippen LogP contribution in [0.3, 0.4) is 0 Å². The van der Waals surface area contributed by atoms with E-state index < -0.39 is 15.9 Å². The molecule has 0 saturated carbocycles. The number of amides is 2. The van der Waals surface area contributed by atoms with Gasteiger partial charge in [-0.2, -0.15) is 0 Å². The van der Waals surface area contributed by atoms with E-state index in [9.17, 15) is 9.59 Å². The van der Waals surface area contributed by atoms with Gasteiger partial charge in [0.15, 0.2) is 0 Å². The molecule has 2 heterocycles. The number of nitrogens with one attached hydrogen (secondary N) is 1. The van der Waals surface area contributed by atoms with Gasteiger partial charge in [0.2, 0.25) is 15.9 Å². The molecule has 1 saturated heterocycles. The largest absolute Gasteiger partial charge is 0.467 e. The molecule has 6 nitrogen and oxygen atoms in total. The van der Waals surface area contributed by atoms with E-state index in [1.807, 2.05) is 0 Å². The Morgan fingerprint density at radius 2 is 2.03 bits per heavy atom. The van der Waals surface area contributed by atoms with Crippen molar-refractivity contribution in [3.8, 4) is 5.75 Å². The van der Waals surface area contributed by atoms with Crippen LogP contribution >= 0.6 is 58.8 Å². The summed E-state index contributed by atoms with van der Waals surface area (Å²) in [7, 11) is 0. The second-order valence-electron chi connectivity index (χ2n) is 6.16. The van der Waals surface area contributed by atoms with Crippen molar-refractivity contribution in [2.24, 2.45) is 0 Å². The number of rotatable bonds is 6. The molecule has 0 spiro atoms. The fourth-order valence-electron chi connectivity index (χ4n) is 2.49. The number of carbonyl (C=O) groups is 2. The molecule has 30 heavy (non-hydrogen) atoms. The maximum atomic E-state index is 12.7. The molecule has 1 atom stereocenters. The summed E-state index contributed by atoms with van der Waals surface area (Å²) in [5.41, 5.74) is 0.755. The molecule has 1 N–H and O–H groups in total. The third-order valence-electron chi connectivity index (χ3n) is 3.83. The van der Waals surface area contributed by atoms with Crippen LogP contribution in [0.4, 0.5) is 0 Å². The minimum atomic E-state index is -1.85. The van der Waals surface area contributed by atoms with Crippen LogP contribution in [0.15, 0.2) is 52.0 Å². The van der Waals surface area contributed by atoms with Crippen LogP contribution in [0.1, 0.15) is 18.2 Å². The van der Waals surface area contributed by atoms with Crippen molar-refractivity contribution in [2.75, 3.05) is 0 Å². The molecule has 158 valence electrons. The molecule has 1 aromatic carbocycles. The third kappa shape index (κ3) is 5.92. The molecule has 1 aliphatic heterocycles. The number of hydrogen-bond donors (Lipinski definition) is 1. The molecule has 2 aromatic rings. The van der Waals surface area contributed by atoms with Gasteiger partial charge in [0.1, 0.15) is 15.8 Å². The first kappa shape index (κ1) is 23.0. The fraction of sp³-hybridized carbons (Fsp3) is 0.211. The summed E-state index contributed by atoms with van der Waals surface area (Å²) >= 11 is 24.1. The van der Waals surface area contributed by atoms with Gasteiger partial charge in [0.05, 0.1) is 17.7 Å². The van der Waals surface area contributed by atoms with Crippen LogP contribution < -0.4 is 10.1 Å². The average molecular weight is 506 g/mol. The minimum absolute atomic E-state index is 0.191. The number of ether oxygens (including phenoxy) is 1. The highest BCUT2D eigenvalue weighted by Gasteiger charge is 2.36. The standard InChI is InChI=1S/C19H15Cl3N2O4S2/c1-11(25)23-17(19(20,21)22)28-13-6-4-12(5-7-13)9-15-16(26)24(18(29)30-15)10-14-3-2-8-27-14/h2-9,17H,10H2,1H3,(H,23,25)/b15-9-/t17-/m0/s1. The number of carbonyl (C=O) groups excluding carboxylic acids is 2. The number of benzene rings is 1. The van der Waals surface area contributed by atoms with Gasteiger partial charge in [-0.15, -0.1) is 0 Å². The summed E-state index contributed by atoms with van der Waals surface area (Å²) in [6, 6.07) is 10.3. The Hall–Kier alpha value is -1.71. The first-order chi connectivity index (χ1) is 14.1. The molecular weight excluding hydrogens is 491 g/mol. The smallest absolute Gasteiger partial charge is 0.266 e. The molecule has 2 amide bonds. The zero-order valence-corrected chi connectivity index (χ0v) is 19.3. The SMILES string of the molecule is CC(=O)N[C@@H](Oc1ccc(/C=C2\SC(=S)N(Cc3ccco3)C2=O)cc1)C(Cl)(Cl)Cl. The lowest BCUT2D eigenvalue weighted by atomic mass is 10.2. The average Bonchev–Trinajstić information content (AvgIpc) is 3.26. The Morgan fingerprint density at radius 1 is 1.33 bits per heavy atom.